The molecule has 0 saturated carbocycles. The Morgan fingerprint density at radius 1 is 1.20 bits per heavy atom. The number of rotatable bonds is 8. The number of carbonyl (C=O) groups excluding carboxylic acids is 1. The van der Waals surface area contributed by atoms with Crippen LogP contribution in [-0.4, -0.2) is 43.1 Å². The Labute approximate surface area is 115 Å². The molecule has 118 valence electrons. The van der Waals surface area contributed by atoms with Crippen LogP contribution in [0.5, 0.6) is 0 Å². The minimum atomic E-state index is -5.21. The van der Waals surface area contributed by atoms with Crippen molar-refractivity contribution in [3.63, 3.8) is 0 Å². The molecule has 0 aliphatic heterocycles. The smallest absolute Gasteiger partial charge is 0.358 e. The molecular formula is C9H18O9P2. The Morgan fingerprint density at radius 2 is 1.75 bits per heavy atom. The topological polar surface area (TPSA) is 162 Å². The number of aliphatic hydroxyl groups is 1. The molecule has 0 rings (SSSR count). The van der Waals surface area contributed by atoms with Crippen molar-refractivity contribution in [1.82, 2.24) is 0 Å². The van der Waals surface area contributed by atoms with E-state index in [4.69, 9.17) is 19.6 Å². The molecule has 5 N–H and O–H groups in total. The second-order valence-corrected chi connectivity index (χ2v) is 7.22. The second-order valence-electron chi connectivity index (χ2n) is 3.95. The number of hydrogen-bond donors (Lipinski definition) is 5. The van der Waals surface area contributed by atoms with E-state index in [2.05, 4.69) is 4.74 Å². The summed E-state index contributed by atoms with van der Waals surface area (Å²) in [6, 6.07) is 0. The van der Waals surface area contributed by atoms with E-state index in [9.17, 15) is 19.0 Å². The highest BCUT2D eigenvalue weighted by atomic mass is 31.2. The predicted molar refractivity (Wildman–Crippen MR) is 68.7 cm³/mol. The van der Waals surface area contributed by atoms with Crippen LogP contribution in [0.25, 0.3) is 0 Å². The van der Waals surface area contributed by atoms with Gasteiger partial charge in [0.05, 0.1) is 11.9 Å². The molecule has 1 unspecified atom stereocenters. The molecule has 20 heavy (non-hydrogen) atoms. The molecule has 0 aromatic rings. The lowest BCUT2D eigenvalue weighted by molar-refractivity contribution is -0.137. The van der Waals surface area contributed by atoms with Gasteiger partial charge in [0.15, 0.2) is 5.85 Å². The fraction of sp³-hybridized carbons (Fsp3) is 0.667. The van der Waals surface area contributed by atoms with Gasteiger partial charge in [-0.25, -0.2) is 4.79 Å². The van der Waals surface area contributed by atoms with Crippen LogP contribution in [0.1, 0.15) is 26.2 Å². The summed E-state index contributed by atoms with van der Waals surface area (Å²) in [4.78, 5) is 46.5. The van der Waals surface area contributed by atoms with E-state index in [1.807, 2.05) is 6.92 Å². The van der Waals surface area contributed by atoms with Crippen molar-refractivity contribution >= 4 is 21.2 Å². The molecule has 0 bridgehead atoms. The number of esters is 1. The van der Waals surface area contributed by atoms with Gasteiger partial charge in [0, 0.05) is 6.08 Å². The van der Waals surface area contributed by atoms with Crippen molar-refractivity contribution in [2.45, 2.75) is 32.0 Å². The minimum Gasteiger partial charge on any atom is -0.463 e. The lowest BCUT2D eigenvalue weighted by Gasteiger charge is -2.16. The molecule has 0 saturated heterocycles. The molecule has 1 atom stereocenters. The van der Waals surface area contributed by atoms with Gasteiger partial charge in [-0.1, -0.05) is 19.8 Å². The number of ether oxygens (including phenoxy) is 1. The van der Waals surface area contributed by atoms with Crippen molar-refractivity contribution in [1.29, 1.82) is 0 Å². The monoisotopic (exact) mass is 332 g/mol. The van der Waals surface area contributed by atoms with Crippen LogP contribution in [-0.2, 0) is 18.7 Å². The molecular weight excluding hydrogens is 314 g/mol. The number of aliphatic hydroxyl groups excluding tert-OH is 1. The molecule has 0 heterocycles. The van der Waals surface area contributed by atoms with Crippen molar-refractivity contribution < 1.29 is 43.3 Å². The highest BCUT2D eigenvalue weighted by Gasteiger charge is 2.39. The Bertz CT molecular complexity index is 446. The van der Waals surface area contributed by atoms with Gasteiger partial charge >= 0.3 is 21.2 Å². The summed E-state index contributed by atoms with van der Waals surface area (Å²) in [5.74, 6) is -3.95. The Hall–Kier alpha value is -0.530. The normalized spacial score (nSPS) is 15.0. The SMILES string of the molecule is CCCCCOC(=O)C=C(C(O)P(=O)(O)O)P(=O)(O)O. The van der Waals surface area contributed by atoms with E-state index in [-0.39, 0.29) is 12.7 Å². The Kier molecular flexibility index (Phi) is 7.83. The molecule has 0 aromatic heterocycles. The highest BCUT2D eigenvalue weighted by molar-refractivity contribution is 7.60. The van der Waals surface area contributed by atoms with E-state index >= 15 is 0 Å². The quantitative estimate of drug-likeness (QED) is 0.182. The van der Waals surface area contributed by atoms with Gasteiger partial charge in [-0.15, -0.1) is 0 Å². The predicted octanol–water partition coefficient (Wildman–Crippen LogP) is 0.277. The van der Waals surface area contributed by atoms with Crippen molar-refractivity contribution in [2.75, 3.05) is 6.61 Å². The fourth-order valence-corrected chi connectivity index (χ4v) is 3.06. The summed E-state index contributed by atoms with van der Waals surface area (Å²) >= 11 is 0. The number of hydrogen-bond acceptors (Lipinski definition) is 5. The average molecular weight is 332 g/mol. The summed E-state index contributed by atoms with van der Waals surface area (Å²) in [5.41, 5.74) is 0. The fourth-order valence-electron chi connectivity index (χ4n) is 1.17. The van der Waals surface area contributed by atoms with Gasteiger partial charge in [0.1, 0.15) is 0 Å². The molecule has 0 aliphatic rings. The van der Waals surface area contributed by atoms with Crippen LogP contribution in [0.15, 0.2) is 11.4 Å². The maximum atomic E-state index is 11.3. The Morgan fingerprint density at radius 3 is 2.15 bits per heavy atom. The summed E-state index contributed by atoms with van der Waals surface area (Å²) < 4.78 is 26.5. The third-order valence-corrected chi connectivity index (χ3v) is 4.34. The molecule has 0 aromatic carbocycles. The zero-order valence-electron chi connectivity index (χ0n) is 10.7. The standard InChI is InChI=1S/C9H18O9P2/c1-2-3-4-5-18-8(10)6-7(19(12,13)14)9(11)20(15,16)17/h6,9,11H,2-5H2,1H3,(H2,12,13,14)(H2,15,16,17). The lowest BCUT2D eigenvalue weighted by atomic mass is 10.3. The molecule has 0 spiro atoms. The van der Waals surface area contributed by atoms with Crippen molar-refractivity contribution in [2.24, 2.45) is 0 Å². The zero-order valence-corrected chi connectivity index (χ0v) is 12.5. The van der Waals surface area contributed by atoms with Crippen LogP contribution in [0, 0.1) is 0 Å². The second kappa shape index (κ2) is 8.05. The third kappa shape index (κ3) is 7.31. The van der Waals surface area contributed by atoms with E-state index < -0.39 is 32.3 Å². The van der Waals surface area contributed by atoms with E-state index in [1.54, 1.807) is 0 Å². The molecule has 0 aliphatic carbocycles. The number of carbonyl (C=O) groups is 1. The van der Waals surface area contributed by atoms with Crippen LogP contribution in [0.3, 0.4) is 0 Å². The molecule has 11 heteroatoms. The summed E-state index contributed by atoms with van der Waals surface area (Å²) in [6.45, 7) is 1.92. The average Bonchev–Trinajstić information content (AvgIpc) is 2.28. The molecule has 0 amide bonds. The number of unbranched alkanes of at least 4 members (excludes halogenated alkanes) is 2. The van der Waals surface area contributed by atoms with Gasteiger partial charge in [0.2, 0.25) is 0 Å². The van der Waals surface area contributed by atoms with Crippen molar-refractivity contribution in [3.05, 3.63) is 11.4 Å². The van der Waals surface area contributed by atoms with Crippen LogP contribution >= 0.6 is 15.2 Å². The largest absolute Gasteiger partial charge is 0.463 e. The first kappa shape index (κ1) is 19.5. The summed E-state index contributed by atoms with van der Waals surface area (Å²) in [5, 5.41) is 7.84. The first-order valence-corrected chi connectivity index (χ1v) is 8.97. The van der Waals surface area contributed by atoms with Crippen LogP contribution in [0.4, 0.5) is 0 Å². The molecule has 0 radical (unpaired) electrons. The van der Waals surface area contributed by atoms with Gasteiger partial charge in [-0.05, 0) is 6.42 Å². The van der Waals surface area contributed by atoms with Gasteiger partial charge in [-0.3, -0.25) is 9.13 Å². The first-order chi connectivity index (χ1) is 9.00. The van der Waals surface area contributed by atoms with E-state index in [0.29, 0.717) is 6.42 Å². The zero-order chi connectivity index (χ0) is 16.0. The minimum absolute atomic E-state index is 0.00359. The molecule has 9 nitrogen and oxygen atoms in total. The highest BCUT2D eigenvalue weighted by Crippen LogP contribution is 2.55. The third-order valence-electron chi connectivity index (χ3n) is 2.18. The van der Waals surface area contributed by atoms with Gasteiger partial charge in [0.25, 0.3) is 0 Å². The van der Waals surface area contributed by atoms with Crippen LogP contribution in [0.2, 0.25) is 0 Å². The summed E-state index contributed by atoms with van der Waals surface area (Å²) in [7, 11) is -10.4. The maximum Gasteiger partial charge on any atom is 0.358 e. The maximum absolute atomic E-state index is 11.3. The van der Waals surface area contributed by atoms with Gasteiger partial charge < -0.3 is 29.4 Å². The van der Waals surface area contributed by atoms with Crippen LogP contribution < -0.4 is 0 Å². The Balaban J connectivity index is 4.98. The lowest BCUT2D eigenvalue weighted by Crippen LogP contribution is -2.14. The molecule has 0 fully saturated rings. The van der Waals surface area contributed by atoms with E-state index in [0.717, 1.165) is 12.8 Å². The van der Waals surface area contributed by atoms with E-state index in [1.165, 1.54) is 0 Å². The first-order valence-electron chi connectivity index (χ1n) is 5.68. The van der Waals surface area contributed by atoms with Gasteiger partial charge in [-0.2, -0.15) is 0 Å². The van der Waals surface area contributed by atoms with Crippen molar-refractivity contribution in [3.8, 4) is 0 Å². The summed E-state index contributed by atoms with van der Waals surface area (Å²) in [6.07, 6.45) is 2.42.